The predicted molar refractivity (Wildman–Crippen MR) is 159 cm³/mol. The normalized spacial score (nSPS) is 12.2. The molecule has 3 N–H and O–H groups in total. The largest absolute Gasteiger partial charge is 0.486 e. The summed E-state index contributed by atoms with van der Waals surface area (Å²) in [6.45, 7) is 2.70. The molecule has 0 aliphatic heterocycles. The number of nitrogens with two attached hydrogens (primary N) is 1. The van der Waals surface area contributed by atoms with Crippen LogP contribution in [-0.4, -0.2) is 35.5 Å². The number of nitrogen functional groups attached to an aromatic ring is 1. The highest BCUT2D eigenvalue weighted by molar-refractivity contribution is 6.35. The number of amidine groups is 1. The van der Waals surface area contributed by atoms with Gasteiger partial charge in [0, 0.05) is 29.3 Å². The van der Waals surface area contributed by atoms with Gasteiger partial charge in [-0.3, -0.25) is 4.99 Å². The molecule has 0 spiro atoms. The van der Waals surface area contributed by atoms with Crippen molar-refractivity contribution in [3.63, 3.8) is 0 Å². The summed E-state index contributed by atoms with van der Waals surface area (Å²) >= 11 is 12.5. The van der Waals surface area contributed by atoms with Gasteiger partial charge in [0.2, 0.25) is 0 Å². The van der Waals surface area contributed by atoms with E-state index in [-0.39, 0.29) is 18.2 Å². The minimum absolute atomic E-state index is 0.223. The van der Waals surface area contributed by atoms with E-state index in [0.29, 0.717) is 28.2 Å². The van der Waals surface area contributed by atoms with Crippen LogP contribution in [0.3, 0.4) is 0 Å². The average Bonchev–Trinajstić information content (AvgIpc) is 2.92. The van der Waals surface area contributed by atoms with E-state index in [1.165, 1.54) is 0 Å². The van der Waals surface area contributed by atoms with E-state index in [9.17, 15) is 9.90 Å². The van der Waals surface area contributed by atoms with Crippen LogP contribution < -0.4 is 10.5 Å². The Hall–Kier alpha value is -4.00. The maximum atomic E-state index is 11.2. The number of anilines is 1. The SMILES string of the molecule is CC(N=C(COc1ccc(-c2ccc(N)cc2)cc1)N(C)Cc1ccc(C(=O)O)cc1)c1ccc(Cl)cc1Cl. The van der Waals surface area contributed by atoms with Crippen LogP contribution in [0.25, 0.3) is 11.1 Å². The van der Waals surface area contributed by atoms with Crippen molar-refractivity contribution in [1.29, 1.82) is 0 Å². The molecule has 0 aliphatic carbocycles. The van der Waals surface area contributed by atoms with Gasteiger partial charge in [0.15, 0.2) is 0 Å². The van der Waals surface area contributed by atoms with Gasteiger partial charge >= 0.3 is 5.97 Å². The second kappa shape index (κ2) is 12.7. The van der Waals surface area contributed by atoms with Crippen molar-refractivity contribution >= 4 is 40.7 Å². The Labute approximate surface area is 238 Å². The zero-order chi connectivity index (χ0) is 27.9. The van der Waals surface area contributed by atoms with Crippen LogP contribution in [0.5, 0.6) is 5.75 Å². The number of aromatic carboxylic acids is 1. The van der Waals surface area contributed by atoms with Crippen molar-refractivity contribution in [2.24, 2.45) is 4.99 Å². The molecule has 0 fully saturated rings. The van der Waals surface area contributed by atoms with E-state index in [2.05, 4.69) is 0 Å². The first-order valence-electron chi connectivity index (χ1n) is 12.3. The summed E-state index contributed by atoms with van der Waals surface area (Å²) in [4.78, 5) is 18.1. The zero-order valence-corrected chi connectivity index (χ0v) is 23.2. The van der Waals surface area contributed by atoms with Crippen LogP contribution in [-0.2, 0) is 6.54 Å². The molecular formula is C31H29Cl2N3O3. The van der Waals surface area contributed by atoms with Crippen molar-refractivity contribution < 1.29 is 14.6 Å². The van der Waals surface area contributed by atoms with Crippen LogP contribution in [0.4, 0.5) is 5.69 Å². The van der Waals surface area contributed by atoms with Crippen molar-refractivity contribution in [1.82, 2.24) is 4.90 Å². The number of aliphatic imine (C=N–C) groups is 1. The van der Waals surface area contributed by atoms with Gasteiger partial charge in [-0.1, -0.05) is 65.7 Å². The molecule has 0 aromatic heterocycles. The number of benzene rings is 4. The Morgan fingerprint density at radius 1 is 0.949 bits per heavy atom. The van der Waals surface area contributed by atoms with Crippen LogP contribution in [0.2, 0.25) is 10.0 Å². The van der Waals surface area contributed by atoms with E-state index in [1.54, 1.807) is 36.4 Å². The second-order valence-corrected chi connectivity index (χ2v) is 10.0. The van der Waals surface area contributed by atoms with Crippen molar-refractivity contribution in [2.45, 2.75) is 19.5 Å². The third-order valence-corrected chi connectivity index (χ3v) is 6.85. The predicted octanol–water partition coefficient (Wildman–Crippen LogP) is 7.61. The Bertz CT molecular complexity index is 1450. The molecule has 4 aromatic rings. The lowest BCUT2D eigenvalue weighted by molar-refractivity contribution is 0.0697. The molecule has 0 saturated heterocycles. The molecule has 1 atom stereocenters. The highest BCUT2D eigenvalue weighted by Crippen LogP contribution is 2.29. The number of carboxylic acids is 1. The molecule has 0 bridgehead atoms. The Balaban J connectivity index is 1.53. The van der Waals surface area contributed by atoms with Crippen LogP contribution in [0, 0.1) is 0 Å². The number of ether oxygens (including phenoxy) is 1. The Morgan fingerprint density at radius 3 is 2.15 bits per heavy atom. The lowest BCUT2D eigenvalue weighted by Gasteiger charge is -2.24. The summed E-state index contributed by atoms with van der Waals surface area (Å²) < 4.78 is 6.15. The van der Waals surface area contributed by atoms with Crippen LogP contribution in [0.1, 0.15) is 34.5 Å². The summed E-state index contributed by atoms with van der Waals surface area (Å²) in [5.74, 6) is 0.457. The van der Waals surface area contributed by atoms with Crippen LogP contribution >= 0.6 is 23.2 Å². The Kier molecular flexibility index (Phi) is 9.12. The average molecular weight is 562 g/mol. The summed E-state index contributed by atoms with van der Waals surface area (Å²) in [5, 5.41) is 10.3. The third kappa shape index (κ3) is 7.53. The van der Waals surface area contributed by atoms with Crippen molar-refractivity contribution in [3.05, 3.63) is 118 Å². The molecule has 0 heterocycles. The van der Waals surface area contributed by atoms with Crippen LogP contribution in [0.15, 0.2) is 96.0 Å². The molecule has 0 saturated carbocycles. The van der Waals surface area contributed by atoms with Gasteiger partial charge in [-0.2, -0.15) is 0 Å². The molecule has 0 amide bonds. The quantitative estimate of drug-likeness (QED) is 0.125. The first-order valence-corrected chi connectivity index (χ1v) is 13.1. The first kappa shape index (κ1) is 28.0. The van der Waals surface area contributed by atoms with E-state index in [1.807, 2.05) is 73.5 Å². The molecule has 0 radical (unpaired) electrons. The molecule has 6 nitrogen and oxygen atoms in total. The fourth-order valence-electron chi connectivity index (χ4n) is 4.06. The van der Waals surface area contributed by atoms with E-state index in [4.69, 9.17) is 38.7 Å². The van der Waals surface area contributed by atoms with Gasteiger partial charge in [0.25, 0.3) is 0 Å². The monoisotopic (exact) mass is 561 g/mol. The number of likely N-dealkylation sites (N-methyl/N-ethyl adjacent to an activating group) is 1. The summed E-state index contributed by atoms with van der Waals surface area (Å²) in [6.07, 6.45) is 0. The summed E-state index contributed by atoms with van der Waals surface area (Å²) in [5.41, 5.74) is 10.7. The topological polar surface area (TPSA) is 88.2 Å². The van der Waals surface area contributed by atoms with E-state index < -0.39 is 5.97 Å². The highest BCUT2D eigenvalue weighted by Gasteiger charge is 2.15. The molecular weight excluding hydrogens is 533 g/mol. The maximum absolute atomic E-state index is 11.2. The highest BCUT2D eigenvalue weighted by atomic mass is 35.5. The number of hydrogen-bond acceptors (Lipinski definition) is 4. The molecule has 0 aliphatic rings. The van der Waals surface area contributed by atoms with Gasteiger partial charge in [0.1, 0.15) is 18.2 Å². The minimum atomic E-state index is -0.957. The molecule has 39 heavy (non-hydrogen) atoms. The van der Waals surface area contributed by atoms with Gasteiger partial charge in [-0.25, -0.2) is 4.79 Å². The van der Waals surface area contributed by atoms with E-state index >= 15 is 0 Å². The minimum Gasteiger partial charge on any atom is -0.486 e. The molecule has 200 valence electrons. The standard InChI is InChI=1S/C31H29Cl2N3O3/c1-20(28-16-11-25(32)17-29(28)33)35-30(36(2)18-21-3-5-24(6-4-21)31(37)38)19-39-27-14-9-23(10-15-27)22-7-12-26(34)13-8-22/h3-17,20H,18-19,34H2,1-2H3,(H,37,38). The van der Waals surface area contributed by atoms with E-state index in [0.717, 1.165) is 27.9 Å². The Morgan fingerprint density at radius 2 is 1.56 bits per heavy atom. The maximum Gasteiger partial charge on any atom is 0.335 e. The first-order chi connectivity index (χ1) is 18.7. The molecule has 4 aromatic carbocycles. The van der Waals surface area contributed by atoms with Gasteiger partial charge in [0.05, 0.1) is 11.6 Å². The lowest BCUT2D eigenvalue weighted by Crippen LogP contribution is -2.32. The fraction of sp³-hybridized carbons (Fsp3) is 0.161. The van der Waals surface area contributed by atoms with Crippen molar-refractivity contribution in [3.8, 4) is 16.9 Å². The summed E-state index contributed by atoms with van der Waals surface area (Å²) in [7, 11) is 1.92. The second-order valence-electron chi connectivity index (χ2n) is 9.18. The smallest absolute Gasteiger partial charge is 0.335 e. The van der Waals surface area contributed by atoms with Crippen molar-refractivity contribution in [2.75, 3.05) is 19.4 Å². The van der Waals surface area contributed by atoms with Gasteiger partial charge in [-0.15, -0.1) is 0 Å². The van der Waals surface area contributed by atoms with Gasteiger partial charge < -0.3 is 20.5 Å². The molecule has 8 heteroatoms. The number of carboxylic acid groups (broad SMARTS) is 1. The third-order valence-electron chi connectivity index (χ3n) is 6.28. The fourth-order valence-corrected chi connectivity index (χ4v) is 4.63. The molecule has 1 unspecified atom stereocenters. The number of carbonyl (C=O) groups is 1. The lowest BCUT2D eigenvalue weighted by atomic mass is 10.1. The number of nitrogens with zero attached hydrogens (tertiary/aromatic N) is 2. The number of hydrogen-bond donors (Lipinski definition) is 2. The number of halogens is 2. The zero-order valence-electron chi connectivity index (χ0n) is 21.6. The molecule has 4 rings (SSSR count). The summed E-state index contributed by atoms with van der Waals surface area (Å²) in [6, 6.07) is 27.5. The number of rotatable bonds is 9. The van der Waals surface area contributed by atoms with Gasteiger partial charge in [-0.05, 0) is 77.7 Å².